The minimum absolute atomic E-state index is 0.0787. The lowest BCUT2D eigenvalue weighted by Crippen LogP contribution is -2.66. The summed E-state index contributed by atoms with van der Waals surface area (Å²) in [4.78, 5) is 24.5. The molecule has 0 aliphatic heterocycles. The van der Waals surface area contributed by atoms with Crippen LogP contribution in [0.1, 0.15) is 126 Å². The molecule has 0 aromatic heterocycles. The first kappa shape index (κ1) is 29.2. The molecule has 0 saturated heterocycles. The van der Waals surface area contributed by atoms with Crippen molar-refractivity contribution in [1.29, 1.82) is 0 Å². The summed E-state index contributed by atoms with van der Waals surface area (Å²) in [7, 11) is 0. The van der Waals surface area contributed by atoms with E-state index in [0.717, 1.165) is 36.5 Å². The highest BCUT2D eigenvalue weighted by Crippen LogP contribution is 2.76. The predicted molar refractivity (Wildman–Crippen MR) is 156 cm³/mol. The van der Waals surface area contributed by atoms with Crippen molar-refractivity contribution >= 4 is 11.9 Å². The summed E-state index contributed by atoms with van der Waals surface area (Å²) in [5, 5.41) is 9.50. The highest BCUT2D eigenvalue weighted by Gasteiger charge is 2.69. The van der Waals surface area contributed by atoms with Crippen molar-refractivity contribution in [3.63, 3.8) is 0 Å². The van der Waals surface area contributed by atoms with Gasteiger partial charge in [0, 0.05) is 5.41 Å². The van der Waals surface area contributed by atoms with Crippen LogP contribution in [0.5, 0.6) is 0 Å². The van der Waals surface area contributed by atoms with E-state index < -0.39 is 11.4 Å². The molecule has 10 atom stereocenters. The number of carbonyl (C=O) groups excluding carboxylic acids is 1. The van der Waals surface area contributed by atoms with Gasteiger partial charge < -0.3 is 9.84 Å². The second-order valence-corrected chi connectivity index (χ2v) is 16.8. The molecule has 0 aromatic carbocycles. The Morgan fingerprint density at radius 2 is 1.54 bits per heavy atom. The number of rotatable bonds is 5. The molecule has 5 rings (SSSR count). The third kappa shape index (κ3) is 4.18. The monoisotopic (exact) mass is 540 g/mol. The molecule has 0 radical (unpaired) electrons. The molecule has 0 spiro atoms. The molecular weight excluding hydrogens is 484 g/mol. The van der Waals surface area contributed by atoms with Crippen LogP contribution in [0.25, 0.3) is 0 Å². The van der Waals surface area contributed by atoms with Crippen LogP contribution < -0.4 is 0 Å². The van der Waals surface area contributed by atoms with Gasteiger partial charge in [-0.3, -0.25) is 9.59 Å². The van der Waals surface area contributed by atoms with Crippen LogP contribution in [0, 0.1) is 62.6 Å². The Labute approximate surface area is 238 Å². The van der Waals surface area contributed by atoms with E-state index in [1.54, 1.807) is 13.8 Å². The maximum atomic E-state index is 12.9. The smallest absolute Gasteiger partial charge is 0.309 e. The van der Waals surface area contributed by atoms with Gasteiger partial charge >= 0.3 is 11.9 Å². The molecule has 4 nitrogen and oxygen atoms in total. The summed E-state index contributed by atoms with van der Waals surface area (Å²) in [6.07, 6.45) is 12.5. The van der Waals surface area contributed by atoms with E-state index in [9.17, 15) is 14.7 Å². The Balaban J connectivity index is 1.38. The highest BCUT2D eigenvalue weighted by atomic mass is 16.5. The molecular formula is C35H56O4. The molecule has 39 heavy (non-hydrogen) atoms. The third-order valence-corrected chi connectivity index (χ3v) is 14.3. The Bertz CT molecular complexity index is 1030. The minimum Gasteiger partial charge on any atom is -0.481 e. The van der Waals surface area contributed by atoms with Gasteiger partial charge in [0.05, 0.1) is 11.8 Å². The van der Waals surface area contributed by atoms with Crippen molar-refractivity contribution in [1.82, 2.24) is 0 Å². The van der Waals surface area contributed by atoms with Crippen molar-refractivity contribution in [2.45, 2.75) is 132 Å². The lowest BCUT2D eigenvalue weighted by atomic mass is 9.33. The topological polar surface area (TPSA) is 63.6 Å². The second-order valence-electron chi connectivity index (χ2n) is 16.8. The molecule has 0 heterocycles. The molecule has 5 aliphatic rings. The van der Waals surface area contributed by atoms with Crippen molar-refractivity contribution in [2.24, 2.45) is 62.6 Å². The second kappa shape index (κ2) is 9.35. The van der Waals surface area contributed by atoms with Gasteiger partial charge in [-0.2, -0.15) is 0 Å². The number of carboxylic acids is 1. The van der Waals surface area contributed by atoms with Crippen LogP contribution in [-0.2, 0) is 14.3 Å². The molecule has 5 unspecified atom stereocenters. The Kier molecular flexibility index (Phi) is 6.99. The SMILES string of the molecule is C=C(C)[C@@H]1CCC2CC[C@]3(C)C(CCC4[C@@]5(C)CC[C@H](OC(=O)CC(C)(C)C(=O)O)C(C)(C)C5CC[C@]43C)C21. The van der Waals surface area contributed by atoms with Crippen molar-refractivity contribution < 1.29 is 19.4 Å². The summed E-state index contributed by atoms with van der Waals surface area (Å²) >= 11 is 0. The average molecular weight is 541 g/mol. The van der Waals surface area contributed by atoms with Crippen molar-refractivity contribution in [3.8, 4) is 0 Å². The standard InChI is InChI=1S/C35H56O4/c1-21(2)23-11-10-22-14-18-34(8)24(29(22)23)12-13-26-33(7)17-16-27(39-28(36)20-31(3,4)30(37)38)32(5,6)25(33)15-19-35(26,34)9/h22-27,29H,1,10-20H2,2-9H3,(H,37,38)/t22?,23-,24?,25?,26?,27-,29?,33-,34+,35+/m0/s1. The van der Waals surface area contributed by atoms with E-state index in [2.05, 4.69) is 48.1 Å². The van der Waals surface area contributed by atoms with Gasteiger partial charge in [0.1, 0.15) is 6.10 Å². The summed E-state index contributed by atoms with van der Waals surface area (Å²) in [6, 6.07) is 0. The number of ether oxygens (including phenoxy) is 1. The Morgan fingerprint density at radius 1 is 0.872 bits per heavy atom. The van der Waals surface area contributed by atoms with Crippen molar-refractivity contribution in [3.05, 3.63) is 12.2 Å². The molecule has 0 aromatic rings. The van der Waals surface area contributed by atoms with Crippen LogP contribution in [0.2, 0.25) is 0 Å². The van der Waals surface area contributed by atoms with Gasteiger partial charge in [-0.05, 0) is 137 Å². The van der Waals surface area contributed by atoms with Crippen molar-refractivity contribution in [2.75, 3.05) is 0 Å². The summed E-state index contributed by atoms with van der Waals surface area (Å²) in [6.45, 7) is 22.6. The van der Waals surface area contributed by atoms with Gasteiger partial charge in [-0.15, -0.1) is 0 Å². The number of hydrogen-bond acceptors (Lipinski definition) is 3. The number of carboxylic acid groups (broad SMARTS) is 1. The fourth-order valence-electron chi connectivity index (χ4n) is 12.0. The van der Waals surface area contributed by atoms with Crippen LogP contribution in [0.15, 0.2) is 12.2 Å². The van der Waals surface area contributed by atoms with E-state index >= 15 is 0 Å². The third-order valence-electron chi connectivity index (χ3n) is 14.3. The van der Waals surface area contributed by atoms with Crippen LogP contribution in [0.3, 0.4) is 0 Å². The van der Waals surface area contributed by atoms with Crippen LogP contribution >= 0.6 is 0 Å². The average Bonchev–Trinajstić information content (AvgIpc) is 3.25. The fraction of sp³-hybridized carbons (Fsp3) is 0.886. The maximum absolute atomic E-state index is 12.9. The van der Waals surface area contributed by atoms with Gasteiger partial charge in [-0.1, -0.05) is 46.8 Å². The summed E-state index contributed by atoms with van der Waals surface area (Å²) < 4.78 is 6.12. The van der Waals surface area contributed by atoms with Gasteiger partial charge in [0.25, 0.3) is 0 Å². The Morgan fingerprint density at radius 3 is 2.18 bits per heavy atom. The molecule has 5 saturated carbocycles. The summed E-state index contributed by atoms with van der Waals surface area (Å²) in [5.74, 6) is 3.19. The molecule has 5 fully saturated rings. The van der Waals surface area contributed by atoms with E-state index in [0.29, 0.717) is 22.7 Å². The lowest BCUT2D eigenvalue weighted by Gasteiger charge is -2.72. The minimum atomic E-state index is -1.10. The largest absolute Gasteiger partial charge is 0.481 e. The first-order chi connectivity index (χ1) is 18.0. The zero-order valence-electron chi connectivity index (χ0n) is 26.2. The number of esters is 1. The molecule has 4 heteroatoms. The van der Waals surface area contributed by atoms with Gasteiger partial charge in [0.2, 0.25) is 0 Å². The maximum Gasteiger partial charge on any atom is 0.309 e. The zero-order valence-corrected chi connectivity index (χ0v) is 26.2. The molecule has 0 amide bonds. The molecule has 0 bridgehead atoms. The lowest BCUT2D eigenvalue weighted by molar-refractivity contribution is -0.244. The normalized spacial score (nSPS) is 46.7. The van der Waals surface area contributed by atoms with Crippen LogP contribution in [0.4, 0.5) is 0 Å². The molecule has 220 valence electrons. The summed E-state index contributed by atoms with van der Waals surface area (Å²) in [5.41, 5.74) is 1.18. The molecule has 5 aliphatic carbocycles. The van der Waals surface area contributed by atoms with E-state index in [-0.39, 0.29) is 29.3 Å². The number of fused-ring (bicyclic) bond motifs is 7. The van der Waals surface area contributed by atoms with E-state index in [4.69, 9.17) is 4.74 Å². The predicted octanol–water partition coefficient (Wildman–Crippen LogP) is 8.69. The van der Waals surface area contributed by atoms with Crippen LogP contribution in [-0.4, -0.2) is 23.1 Å². The number of hydrogen-bond donors (Lipinski definition) is 1. The quantitative estimate of drug-likeness (QED) is 0.280. The van der Waals surface area contributed by atoms with E-state index in [1.165, 1.54) is 56.9 Å². The van der Waals surface area contributed by atoms with Gasteiger partial charge in [-0.25, -0.2) is 0 Å². The highest BCUT2D eigenvalue weighted by molar-refractivity contribution is 5.81. The van der Waals surface area contributed by atoms with Gasteiger partial charge in [0.15, 0.2) is 0 Å². The first-order valence-corrected chi connectivity index (χ1v) is 16.1. The van der Waals surface area contributed by atoms with E-state index in [1.807, 2.05) is 0 Å². The first-order valence-electron chi connectivity index (χ1n) is 16.1. The Hall–Kier alpha value is -1.32. The number of allylic oxidation sites excluding steroid dienone is 1. The fourth-order valence-corrected chi connectivity index (χ4v) is 12.0. The number of carbonyl (C=O) groups is 2. The molecule has 1 N–H and O–H groups in total. The zero-order chi connectivity index (χ0) is 28.8. The number of aliphatic carboxylic acids is 1.